The zero-order valence-electron chi connectivity index (χ0n) is 17.2. The summed E-state index contributed by atoms with van der Waals surface area (Å²) in [5.74, 6) is 1.43. The second kappa shape index (κ2) is 8.04. The molecular formula is C18H29N7O2S. The standard InChI is InChI=1S/C18H29N7O2S/c1-6-19-16-12-13(3)20-18(21-16)23-8-10-24(11-9-23)28(26,27)17-14(4)22-25(7-2)15(17)5/h12H,6-11H2,1-5H3,(H,19,20,21). The number of nitrogens with zero attached hydrogens (tertiary/aromatic N) is 6. The van der Waals surface area contributed by atoms with Crippen molar-refractivity contribution >= 4 is 21.8 Å². The van der Waals surface area contributed by atoms with E-state index in [2.05, 4.69) is 20.4 Å². The van der Waals surface area contributed by atoms with E-state index in [4.69, 9.17) is 0 Å². The van der Waals surface area contributed by atoms with Crippen LogP contribution in [0.5, 0.6) is 0 Å². The number of hydrogen-bond donors (Lipinski definition) is 1. The van der Waals surface area contributed by atoms with Gasteiger partial charge in [0.15, 0.2) is 0 Å². The van der Waals surface area contributed by atoms with Gasteiger partial charge >= 0.3 is 0 Å². The van der Waals surface area contributed by atoms with E-state index in [9.17, 15) is 8.42 Å². The highest BCUT2D eigenvalue weighted by molar-refractivity contribution is 7.89. The van der Waals surface area contributed by atoms with E-state index in [1.54, 1.807) is 15.9 Å². The van der Waals surface area contributed by atoms with E-state index in [1.807, 2.05) is 38.7 Å². The molecule has 0 saturated carbocycles. The second-order valence-corrected chi connectivity index (χ2v) is 8.81. The van der Waals surface area contributed by atoms with E-state index in [1.165, 1.54) is 0 Å². The third kappa shape index (κ3) is 3.83. The van der Waals surface area contributed by atoms with Crippen LogP contribution >= 0.6 is 0 Å². The first-order valence-electron chi connectivity index (χ1n) is 9.66. The smallest absolute Gasteiger partial charge is 0.246 e. The van der Waals surface area contributed by atoms with Gasteiger partial charge in [-0.25, -0.2) is 13.4 Å². The van der Waals surface area contributed by atoms with Crippen molar-refractivity contribution < 1.29 is 8.42 Å². The van der Waals surface area contributed by atoms with Gasteiger partial charge in [0.25, 0.3) is 0 Å². The van der Waals surface area contributed by atoms with Gasteiger partial charge in [0.2, 0.25) is 16.0 Å². The third-order valence-electron chi connectivity index (χ3n) is 4.93. The summed E-state index contributed by atoms with van der Waals surface area (Å²) < 4.78 is 29.7. The molecule has 1 aliphatic rings. The lowest BCUT2D eigenvalue weighted by atomic mass is 10.3. The molecule has 0 aliphatic carbocycles. The number of rotatable bonds is 6. The third-order valence-corrected chi connectivity index (χ3v) is 7.09. The Balaban J connectivity index is 1.78. The summed E-state index contributed by atoms with van der Waals surface area (Å²) in [6.07, 6.45) is 0. The van der Waals surface area contributed by atoms with Gasteiger partial charge < -0.3 is 10.2 Å². The first kappa shape index (κ1) is 20.5. The van der Waals surface area contributed by atoms with Crippen LogP contribution in [0.4, 0.5) is 11.8 Å². The summed E-state index contributed by atoms with van der Waals surface area (Å²) in [5.41, 5.74) is 2.13. The molecule has 0 radical (unpaired) electrons. The first-order valence-corrected chi connectivity index (χ1v) is 11.1. The summed E-state index contributed by atoms with van der Waals surface area (Å²) in [7, 11) is -3.57. The molecule has 3 rings (SSSR count). The van der Waals surface area contributed by atoms with E-state index in [0.29, 0.717) is 55.0 Å². The van der Waals surface area contributed by atoms with Gasteiger partial charge in [0.1, 0.15) is 10.7 Å². The number of piperazine rings is 1. The first-order chi connectivity index (χ1) is 13.3. The number of anilines is 2. The molecule has 0 unspecified atom stereocenters. The zero-order chi connectivity index (χ0) is 20.5. The van der Waals surface area contributed by atoms with E-state index < -0.39 is 10.0 Å². The molecule has 3 heterocycles. The summed E-state index contributed by atoms with van der Waals surface area (Å²) in [5, 5.41) is 7.57. The molecule has 1 fully saturated rings. The van der Waals surface area contributed by atoms with Crippen molar-refractivity contribution in [2.24, 2.45) is 0 Å². The van der Waals surface area contributed by atoms with Gasteiger partial charge in [0, 0.05) is 51.0 Å². The fourth-order valence-corrected chi connectivity index (χ4v) is 5.38. The van der Waals surface area contributed by atoms with Gasteiger partial charge in [-0.15, -0.1) is 0 Å². The van der Waals surface area contributed by atoms with Crippen LogP contribution in [-0.2, 0) is 16.6 Å². The molecule has 1 N–H and O–H groups in total. The summed E-state index contributed by atoms with van der Waals surface area (Å²) in [4.78, 5) is 11.5. The number of hydrogen-bond acceptors (Lipinski definition) is 7. The highest BCUT2D eigenvalue weighted by atomic mass is 32.2. The molecule has 9 nitrogen and oxygen atoms in total. The molecule has 0 atom stereocenters. The summed E-state index contributed by atoms with van der Waals surface area (Å²) in [6, 6.07) is 1.91. The van der Waals surface area contributed by atoms with Crippen molar-refractivity contribution in [3.8, 4) is 0 Å². The predicted molar refractivity (Wildman–Crippen MR) is 109 cm³/mol. The van der Waals surface area contributed by atoms with Crippen LogP contribution in [0, 0.1) is 20.8 Å². The molecule has 10 heteroatoms. The minimum Gasteiger partial charge on any atom is -0.370 e. The van der Waals surface area contributed by atoms with Crippen molar-refractivity contribution in [2.45, 2.75) is 46.1 Å². The largest absolute Gasteiger partial charge is 0.370 e. The van der Waals surface area contributed by atoms with Crippen LogP contribution < -0.4 is 10.2 Å². The van der Waals surface area contributed by atoms with Crippen molar-refractivity contribution in [2.75, 3.05) is 42.9 Å². The molecule has 1 aliphatic heterocycles. The van der Waals surface area contributed by atoms with E-state index >= 15 is 0 Å². The Morgan fingerprint density at radius 2 is 1.75 bits per heavy atom. The average molecular weight is 408 g/mol. The SMILES string of the molecule is CCNc1cc(C)nc(N2CCN(S(=O)(=O)c3c(C)nn(CC)c3C)CC2)n1. The van der Waals surface area contributed by atoms with E-state index in [-0.39, 0.29) is 0 Å². The van der Waals surface area contributed by atoms with Crippen molar-refractivity contribution in [3.05, 3.63) is 23.1 Å². The molecule has 0 bridgehead atoms. The molecule has 0 aromatic carbocycles. The van der Waals surface area contributed by atoms with Crippen LogP contribution in [0.25, 0.3) is 0 Å². The maximum absolute atomic E-state index is 13.2. The average Bonchev–Trinajstić information content (AvgIpc) is 2.95. The highest BCUT2D eigenvalue weighted by Gasteiger charge is 2.33. The van der Waals surface area contributed by atoms with Crippen LogP contribution in [0.3, 0.4) is 0 Å². The van der Waals surface area contributed by atoms with Gasteiger partial charge in [0.05, 0.1) is 11.4 Å². The minimum atomic E-state index is -3.57. The summed E-state index contributed by atoms with van der Waals surface area (Å²) in [6.45, 7) is 12.8. The van der Waals surface area contributed by atoms with Crippen LogP contribution in [0.15, 0.2) is 11.0 Å². The molecule has 154 valence electrons. The van der Waals surface area contributed by atoms with Crippen LogP contribution in [-0.4, -0.2) is 65.2 Å². The molecule has 2 aromatic rings. The number of aryl methyl sites for hydroxylation is 3. The van der Waals surface area contributed by atoms with Crippen molar-refractivity contribution in [1.29, 1.82) is 0 Å². The van der Waals surface area contributed by atoms with Gasteiger partial charge in [-0.05, 0) is 34.6 Å². The monoisotopic (exact) mass is 407 g/mol. The number of aromatic nitrogens is 4. The highest BCUT2D eigenvalue weighted by Crippen LogP contribution is 2.25. The maximum atomic E-state index is 13.2. The lowest BCUT2D eigenvalue weighted by Gasteiger charge is -2.34. The Morgan fingerprint density at radius 1 is 1.07 bits per heavy atom. The number of nitrogens with one attached hydrogen (secondary N) is 1. The van der Waals surface area contributed by atoms with Gasteiger partial charge in [-0.2, -0.15) is 14.4 Å². The fourth-order valence-electron chi connectivity index (χ4n) is 3.59. The maximum Gasteiger partial charge on any atom is 0.246 e. The van der Waals surface area contributed by atoms with Gasteiger partial charge in [-0.3, -0.25) is 4.68 Å². The minimum absolute atomic E-state index is 0.337. The molecule has 1 saturated heterocycles. The summed E-state index contributed by atoms with van der Waals surface area (Å²) >= 11 is 0. The molecule has 2 aromatic heterocycles. The van der Waals surface area contributed by atoms with Crippen molar-refractivity contribution in [1.82, 2.24) is 24.1 Å². The van der Waals surface area contributed by atoms with Crippen LogP contribution in [0.1, 0.15) is 30.9 Å². The Labute approximate surface area is 166 Å². The fraction of sp³-hybridized carbons (Fsp3) is 0.611. The molecule has 0 spiro atoms. The topological polar surface area (TPSA) is 96.3 Å². The van der Waals surface area contributed by atoms with Crippen LogP contribution in [0.2, 0.25) is 0 Å². The molecule has 0 amide bonds. The Hall–Kier alpha value is -2.20. The Morgan fingerprint density at radius 3 is 2.32 bits per heavy atom. The lowest BCUT2D eigenvalue weighted by molar-refractivity contribution is 0.382. The zero-order valence-corrected chi connectivity index (χ0v) is 18.0. The quantitative estimate of drug-likeness (QED) is 0.776. The Bertz CT molecular complexity index is 947. The molecular weight excluding hydrogens is 378 g/mol. The molecule has 28 heavy (non-hydrogen) atoms. The normalized spacial score (nSPS) is 15.8. The van der Waals surface area contributed by atoms with Gasteiger partial charge in [-0.1, -0.05) is 0 Å². The second-order valence-electron chi connectivity index (χ2n) is 6.93. The predicted octanol–water partition coefficient (Wildman–Crippen LogP) is 1.56. The number of sulfonamides is 1. The Kier molecular flexibility index (Phi) is 5.90. The van der Waals surface area contributed by atoms with E-state index in [0.717, 1.165) is 18.1 Å². The van der Waals surface area contributed by atoms with Crippen molar-refractivity contribution in [3.63, 3.8) is 0 Å². The lowest BCUT2D eigenvalue weighted by Crippen LogP contribution is -2.49.